The lowest BCUT2D eigenvalue weighted by Crippen LogP contribution is -2.00. The molecule has 0 saturated carbocycles. The van der Waals surface area contributed by atoms with Crippen molar-refractivity contribution in [2.75, 3.05) is 0 Å². The Labute approximate surface area is 106 Å². The van der Waals surface area contributed by atoms with Crippen LogP contribution in [0.2, 0.25) is 0 Å². The van der Waals surface area contributed by atoms with Gasteiger partial charge in [-0.05, 0) is 34.1 Å². The summed E-state index contributed by atoms with van der Waals surface area (Å²) in [7, 11) is 0. The quantitative estimate of drug-likeness (QED) is 0.866. The number of hydrogen-bond acceptors (Lipinski definition) is 4. The van der Waals surface area contributed by atoms with E-state index < -0.39 is 0 Å². The summed E-state index contributed by atoms with van der Waals surface area (Å²) in [6, 6.07) is 7.03. The Balaban J connectivity index is 2.41. The largest absolute Gasteiger partial charge is 0.507 e. The van der Waals surface area contributed by atoms with Crippen LogP contribution in [0, 0.1) is 0 Å². The Hall–Kier alpha value is -1.62. The highest BCUT2D eigenvalue weighted by Crippen LogP contribution is 2.30. The van der Waals surface area contributed by atoms with Crippen LogP contribution in [0.5, 0.6) is 5.75 Å². The van der Waals surface area contributed by atoms with Gasteiger partial charge < -0.3 is 9.84 Å². The van der Waals surface area contributed by atoms with Crippen LogP contribution >= 0.6 is 15.9 Å². The molecule has 0 radical (unpaired) electrons. The number of rotatable bonds is 2. The predicted molar refractivity (Wildman–Crippen MR) is 66.6 cm³/mol. The van der Waals surface area contributed by atoms with Gasteiger partial charge in [0.2, 0.25) is 0 Å². The van der Waals surface area contributed by atoms with Crippen LogP contribution in [0.1, 0.15) is 12.6 Å². The molecule has 0 atom stereocenters. The molecule has 2 aromatic rings. The first-order chi connectivity index (χ1) is 8.08. The molecule has 1 heterocycles. The van der Waals surface area contributed by atoms with E-state index in [1.807, 2.05) is 6.07 Å². The number of fused-ring (bicyclic) bond motifs is 1. The van der Waals surface area contributed by atoms with Gasteiger partial charge >= 0.3 is 5.97 Å². The number of esters is 1. The zero-order valence-electron chi connectivity index (χ0n) is 9.11. The SMILES string of the molecule is CC(=O)OCc1ccc2ccc(O)c(Br)c2n1. The minimum absolute atomic E-state index is 0.132. The highest BCUT2D eigenvalue weighted by atomic mass is 79.9. The molecule has 1 aromatic heterocycles. The number of aromatic hydroxyl groups is 1. The number of hydrogen-bond donors (Lipinski definition) is 1. The molecule has 0 spiro atoms. The van der Waals surface area contributed by atoms with E-state index in [4.69, 9.17) is 4.74 Å². The minimum Gasteiger partial charge on any atom is -0.507 e. The lowest BCUT2D eigenvalue weighted by Gasteiger charge is -2.05. The molecule has 0 aliphatic carbocycles. The fraction of sp³-hybridized carbons (Fsp3) is 0.167. The molecular weight excluding hydrogens is 286 g/mol. The molecule has 17 heavy (non-hydrogen) atoms. The average Bonchev–Trinajstić information content (AvgIpc) is 2.31. The van der Waals surface area contributed by atoms with Crippen molar-refractivity contribution in [1.82, 2.24) is 4.98 Å². The summed E-state index contributed by atoms with van der Waals surface area (Å²) >= 11 is 3.27. The van der Waals surface area contributed by atoms with E-state index in [9.17, 15) is 9.90 Å². The third-order valence-electron chi connectivity index (χ3n) is 2.26. The van der Waals surface area contributed by atoms with E-state index in [1.54, 1.807) is 18.2 Å². The van der Waals surface area contributed by atoms with Crippen LogP contribution in [0.3, 0.4) is 0 Å². The predicted octanol–water partition coefficient (Wildman–Crippen LogP) is 2.77. The van der Waals surface area contributed by atoms with Crippen LogP contribution in [0.25, 0.3) is 10.9 Å². The highest BCUT2D eigenvalue weighted by Gasteiger charge is 2.07. The van der Waals surface area contributed by atoms with Crippen LogP contribution in [0.15, 0.2) is 28.7 Å². The molecule has 0 bridgehead atoms. The van der Waals surface area contributed by atoms with Gasteiger partial charge in [-0.3, -0.25) is 4.79 Å². The summed E-state index contributed by atoms with van der Waals surface area (Å²) in [5.74, 6) is -0.212. The molecule has 1 aromatic carbocycles. The van der Waals surface area contributed by atoms with Crippen molar-refractivity contribution in [2.45, 2.75) is 13.5 Å². The molecule has 0 amide bonds. The third kappa shape index (κ3) is 2.55. The van der Waals surface area contributed by atoms with E-state index >= 15 is 0 Å². The molecule has 88 valence electrons. The van der Waals surface area contributed by atoms with E-state index in [2.05, 4.69) is 20.9 Å². The monoisotopic (exact) mass is 295 g/mol. The Morgan fingerprint density at radius 1 is 1.41 bits per heavy atom. The number of carbonyl (C=O) groups is 1. The normalized spacial score (nSPS) is 10.5. The molecule has 4 nitrogen and oxygen atoms in total. The van der Waals surface area contributed by atoms with Crippen molar-refractivity contribution in [1.29, 1.82) is 0 Å². The Bertz CT molecular complexity index is 583. The maximum absolute atomic E-state index is 10.7. The summed E-state index contributed by atoms with van der Waals surface area (Å²) in [5, 5.41) is 10.5. The van der Waals surface area contributed by atoms with Gasteiger partial charge in [-0.2, -0.15) is 0 Å². The van der Waals surface area contributed by atoms with Crippen LogP contribution in [-0.2, 0) is 16.1 Å². The van der Waals surface area contributed by atoms with E-state index in [0.717, 1.165) is 5.39 Å². The first-order valence-electron chi connectivity index (χ1n) is 4.98. The summed E-state index contributed by atoms with van der Waals surface area (Å²) < 4.78 is 5.41. The van der Waals surface area contributed by atoms with Gasteiger partial charge in [-0.25, -0.2) is 4.98 Å². The number of aromatic nitrogens is 1. The molecule has 0 saturated heterocycles. The standard InChI is InChI=1S/C12H10BrNO3/c1-7(15)17-6-9-4-2-8-3-5-10(16)11(13)12(8)14-9/h2-5,16H,6H2,1H3. The van der Waals surface area contributed by atoms with Crippen LogP contribution < -0.4 is 0 Å². The Morgan fingerprint density at radius 2 is 2.12 bits per heavy atom. The second kappa shape index (κ2) is 4.71. The number of phenols is 1. The fourth-order valence-electron chi connectivity index (χ4n) is 1.44. The fourth-order valence-corrected chi connectivity index (χ4v) is 1.89. The van der Waals surface area contributed by atoms with Gasteiger partial charge in [0, 0.05) is 12.3 Å². The van der Waals surface area contributed by atoms with Gasteiger partial charge in [0.1, 0.15) is 12.4 Å². The van der Waals surface area contributed by atoms with Crippen LogP contribution in [0.4, 0.5) is 0 Å². The third-order valence-corrected chi connectivity index (χ3v) is 3.04. The summed E-state index contributed by atoms with van der Waals surface area (Å²) in [6.07, 6.45) is 0. The topological polar surface area (TPSA) is 59.4 Å². The molecule has 0 aliphatic rings. The average molecular weight is 296 g/mol. The van der Waals surface area contributed by atoms with Crippen molar-refractivity contribution in [3.05, 3.63) is 34.4 Å². The lowest BCUT2D eigenvalue weighted by atomic mass is 10.2. The summed E-state index contributed by atoms with van der Waals surface area (Å²) in [6.45, 7) is 1.48. The number of ether oxygens (including phenoxy) is 1. The molecule has 1 N–H and O–H groups in total. The maximum atomic E-state index is 10.7. The summed E-state index contributed by atoms with van der Waals surface area (Å²) in [4.78, 5) is 15.0. The van der Waals surface area contributed by atoms with Crippen molar-refractivity contribution >= 4 is 32.8 Å². The Kier molecular flexibility index (Phi) is 3.28. The maximum Gasteiger partial charge on any atom is 0.303 e. The zero-order chi connectivity index (χ0) is 12.4. The van der Waals surface area contributed by atoms with Gasteiger partial charge in [0.05, 0.1) is 15.7 Å². The smallest absolute Gasteiger partial charge is 0.303 e. The molecule has 0 fully saturated rings. The van der Waals surface area contributed by atoms with Crippen molar-refractivity contribution in [2.24, 2.45) is 0 Å². The van der Waals surface area contributed by atoms with E-state index in [-0.39, 0.29) is 18.3 Å². The van der Waals surface area contributed by atoms with Crippen molar-refractivity contribution in [3.63, 3.8) is 0 Å². The van der Waals surface area contributed by atoms with E-state index in [0.29, 0.717) is 15.7 Å². The molecule has 0 aliphatic heterocycles. The minimum atomic E-state index is -0.345. The first kappa shape index (κ1) is 11.9. The first-order valence-corrected chi connectivity index (χ1v) is 5.77. The second-order valence-electron chi connectivity index (χ2n) is 3.55. The number of phenolic OH excluding ortho intramolecular Hbond substituents is 1. The Morgan fingerprint density at radius 3 is 2.82 bits per heavy atom. The number of pyridine rings is 1. The van der Waals surface area contributed by atoms with Crippen molar-refractivity contribution < 1.29 is 14.6 Å². The number of benzene rings is 1. The number of halogens is 1. The second-order valence-corrected chi connectivity index (χ2v) is 4.35. The number of nitrogens with zero attached hydrogens (tertiary/aromatic N) is 1. The van der Waals surface area contributed by atoms with Gasteiger partial charge in [0.25, 0.3) is 0 Å². The van der Waals surface area contributed by atoms with Crippen LogP contribution in [-0.4, -0.2) is 16.1 Å². The zero-order valence-corrected chi connectivity index (χ0v) is 10.7. The van der Waals surface area contributed by atoms with Gasteiger partial charge in [0.15, 0.2) is 0 Å². The summed E-state index contributed by atoms with van der Waals surface area (Å²) in [5.41, 5.74) is 1.29. The molecule has 2 rings (SSSR count). The van der Waals surface area contributed by atoms with Gasteiger partial charge in [-0.1, -0.05) is 6.07 Å². The molecule has 0 unspecified atom stereocenters. The number of carbonyl (C=O) groups excluding carboxylic acids is 1. The highest BCUT2D eigenvalue weighted by molar-refractivity contribution is 9.10. The van der Waals surface area contributed by atoms with Gasteiger partial charge in [-0.15, -0.1) is 0 Å². The lowest BCUT2D eigenvalue weighted by molar-refractivity contribution is -0.142. The molecular formula is C12H10BrNO3. The molecule has 5 heteroatoms. The van der Waals surface area contributed by atoms with Crippen molar-refractivity contribution in [3.8, 4) is 5.75 Å². The van der Waals surface area contributed by atoms with E-state index in [1.165, 1.54) is 6.92 Å².